The summed E-state index contributed by atoms with van der Waals surface area (Å²) in [6.45, 7) is 16.0. The summed E-state index contributed by atoms with van der Waals surface area (Å²) in [6, 6.07) is 2.00. The summed E-state index contributed by atoms with van der Waals surface area (Å²) in [5.74, 6) is -0.505. The lowest BCUT2D eigenvalue weighted by molar-refractivity contribution is -0.171. The third kappa shape index (κ3) is 3.88. The summed E-state index contributed by atoms with van der Waals surface area (Å²) < 4.78 is 21.0. The van der Waals surface area contributed by atoms with Crippen LogP contribution in [0, 0.1) is 17.8 Å². The molecule has 1 aromatic carbocycles. The molecule has 3 heterocycles. The van der Waals surface area contributed by atoms with E-state index in [0.29, 0.717) is 29.7 Å². The minimum atomic E-state index is -1.53. The molecule has 1 aromatic rings. The Bertz CT molecular complexity index is 1700. The van der Waals surface area contributed by atoms with Gasteiger partial charge >= 0.3 is 5.97 Å². The number of ketones is 2. The molecule has 6 atom stereocenters. The smallest absolute Gasteiger partial charge is 0.330 e. The van der Waals surface area contributed by atoms with Gasteiger partial charge in [0.1, 0.15) is 17.1 Å². The van der Waals surface area contributed by atoms with Crippen LogP contribution in [0.3, 0.4) is 0 Å². The lowest BCUT2D eigenvalue weighted by Gasteiger charge is -2.56. The van der Waals surface area contributed by atoms with E-state index in [1.54, 1.807) is 6.08 Å². The van der Waals surface area contributed by atoms with Crippen molar-refractivity contribution >= 4 is 17.5 Å². The number of hydrogen-bond acceptors (Lipinski definition) is 6. The Morgan fingerprint density at radius 2 is 1.78 bits per heavy atom. The predicted octanol–water partition coefficient (Wildman–Crippen LogP) is 7.23. The lowest BCUT2D eigenvalue weighted by atomic mass is 9.51. The van der Waals surface area contributed by atoms with Crippen LogP contribution < -0.4 is 9.47 Å². The molecule has 7 heteroatoms. The van der Waals surface area contributed by atoms with Gasteiger partial charge in [0, 0.05) is 52.4 Å². The highest BCUT2D eigenvalue weighted by atomic mass is 16.6. The maximum Gasteiger partial charge on any atom is 0.330 e. The average Bonchev–Trinajstić information content (AvgIpc) is 3.11. The van der Waals surface area contributed by atoms with E-state index < -0.39 is 34.3 Å². The van der Waals surface area contributed by atoms with Gasteiger partial charge in [-0.3, -0.25) is 9.59 Å². The molecule has 1 saturated heterocycles. The molecule has 8 rings (SSSR count). The molecular weight excluding hydrogens is 568 g/mol. The largest absolute Gasteiger partial charge is 0.487 e. The van der Waals surface area contributed by atoms with E-state index in [4.69, 9.17) is 14.2 Å². The predicted molar refractivity (Wildman–Crippen MR) is 170 cm³/mol. The van der Waals surface area contributed by atoms with Gasteiger partial charge in [0.05, 0.1) is 11.2 Å². The number of aliphatic carboxylic acids is 1. The second-order valence-corrected chi connectivity index (χ2v) is 15.4. The Morgan fingerprint density at radius 3 is 2.47 bits per heavy atom. The van der Waals surface area contributed by atoms with Gasteiger partial charge in [-0.1, -0.05) is 35.5 Å². The van der Waals surface area contributed by atoms with Crippen LogP contribution in [0.15, 0.2) is 52.7 Å². The first-order valence-corrected chi connectivity index (χ1v) is 16.3. The Balaban J connectivity index is 1.50. The first-order chi connectivity index (χ1) is 21.1. The van der Waals surface area contributed by atoms with Crippen molar-refractivity contribution < 1.29 is 33.7 Å². The van der Waals surface area contributed by atoms with Crippen molar-refractivity contribution in [3.63, 3.8) is 0 Å². The SMILES string of the molecule is CC(C)=CCc1c2c(cc3c1OC(C)(C)C1CCC=C(C)C31)C(=O)C1=C[C@@H]3CC4C(C)(C)O[C@@](C/C=C(/C)C(=O)O)(C3=O)[C@@]14O2. The molecule has 1 spiro atoms. The summed E-state index contributed by atoms with van der Waals surface area (Å²) in [5, 5.41) is 9.66. The van der Waals surface area contributed by atoms with Crippen LogP contribution in [0.4, 0.5) is 0 Å². The van der Waals surface area contributed by atoms with Gasteiger partial charge in [0.15, 0.2) is 22.8 Å². The number of fused-ring (bicyclic) bond motifs is 4. The summed E-state index contributed by atoms with van der Waals surface area (Å²) >= 11 is 0. The molecule has 3 unspecified atom stereocenters. The Kier molecular flexibility index (Phi) is 6.40. The van der Waals surface area contributed by atoms with E-state index in [2.05, 4.69) is 32.9 Å². The van der Waals surface area contributed by atoms with Crippen molar-refractivity contribution in [1.82, 2.24) is 0 Å². The minimum absolute atomic E-state index is 0.00582. The van der Waals surface area contributed by atoms with E-state index in [1.807, 2.05) is 39.8 Å². The molecule has 7 aliphatic rings. The van der Waals surface area contributed by atoms with Crippen molar-refractivity contribution in [2.75, 3.05) is 0 Å². The second kappa shape index (κ2) is 9.54. The molecule has 4 aliphatic carbocycles. The van der Waals surface area contributed by atoms with Gasteiger partial charge in [-0.05, 0) is 87.1 Å². The van der Waals surface area contributed by atoms with Crippen molar-refractivity contribution in [3.8, 4) is 11.5 Å². The van der Waals surface area contributed by atoms with Gasteiger partial charge in [0.2, 0.25) is 0 Å². The van der Waals surface area contributed by atoms with E-state index >= 15 is 0 Å². The van der Waals surface area contributed by atoms with E-state index in [9.17, 15) is 19.5 Å². The van der Waals surface area contributed by atoms with Crippen LogP contribution in [0.2, 0.25) is 0 Å². The Labute approximate surface area is 265 Å². The molecule has 0 radical (unpaired) electrons. The lowest BCUT2D eigenvalue weighted by Crippen LogP contribution is -2.72. The van der Waals surface area contributed by atoms with Crippen molar-refractivity contribution in [2.45, 2.75) is 116 Å². The monoisotopic (exact) mass is 612 g/mol. The number of rotatable bonds is 5. The number of hydrogen-bond donors (Lipinski definition) is 1. The van der Waals surface area contributed by atoms with Gasteiger partial charge in [0.25, 0.3) is 0 Å². The zero-order chi connectivity index (χ0) is 32.4. The fraction of sp³-hybridized carbons (Fsp3) is 0.553. The normalized spacial score (nSPS) is 34.7. The quantitative estimate of drug-likeness (QED) is 0.277. The number of carbonyl (C=O) groups is 3. The number of carboxylic acids is 1. The molecule has 238 valence electrons. The fourth-order valence-corrected chi connectivity index (χ4v) is 9.53. The molecule has 1 N–H and O–H groups in total. The Morgan fingerprint density at radius 1 is 1.04 bits per heavy atom. The van der Waals surface area contributed by atoms with Crippen LogP contribution >= 0.6 is 0 Å². The topological polar surface area (TPSA) is 99.1 Å². The zero-order valence-corrected chi connectivity index (χ0v) is 27.6. The number of allylic oxidation sites excluding steroid dienone is 5. The molecule has 2 fully saturated rings. The van der Waals surface area contributed by atoms with E-state index in [1.165, 1.54) is 12.5 Å². The van der Waals surface area contributed by atoms with E-state index in [0.717, 1.165) is 35.3 Å². The highest BCUT2D eigenvalue weighted by Gasteiger charge is 2.81. The molecule has 45 heavy (non-hydrogen) atoms. The molecular formula is C38H44O7. The molecule has 1 saturated carbocycles. The third-order valence-electron chi connectivity index (χ3n) is 11.6. The van der Waals surface area contributed by atoms with Gasteiger partial charge < -0.3 is 19.3 Å². The standard InChI is InChI=1S/C38H44O7/c1-19(2)12-13-23-31-24(29-20(3)10-9-11-26(29)35(5,6)43-31)18-25-30(39)27-16-22-17-28-36(7,8)45-37(33(22)40,15-14-21(4)34(41)42)38(27,28)44-32(23)25/h10,12,14,16,18,22,26,28-29H,9,11,13,15,17H2,1-8H3,(H,41,42)/b21-14-/t22-,26?,28?,29?,37+,38-/m1/s1. The van der Waals surface area contributed by atoms with Crippen molar-refractivity contribution in [2.24, 2.45) is 17.8 Å². The van der Waals surface area contributed by atoms with Crippen molar-refractivity contribution in [1.29, 1.82) is 0 Å². The highest BCUT2D eigenvalue weighted by molar-refractivity contribution is 6.17. The van der Waals surface area contributed by atoms with Gasteiger partial charge in [-0.2, -0.15) is 0 Å². The maximum absolute atomic E-state index is 14.9. The van der Waals surface area contributed by atoms with Gasteiger partial charge in [-0.15, -0.1) is 0 Å². The highest BCUT2D eigenvalue weighted by Crippen LogP contribution is 2.68. The fourth-order valence-electron chi connectivity index (χ4n) is 9.53. The second-order valence-electron chi connectivity index (χ2n) is 15.4. The number of Topliss-reactive ketones (excluding diaryl/α,β-unsaturated/α-hetero) is 2. The van der Waals surface area contributed by atoms with E-state index in [-0.39, 0.29) is 41.3 Å². The number of carboxylic acid groups (broad SMARTS) is 1. The van der Waals surface area contributed by atoms with Crippen LogP contribution in [0.25, 0.3) is 0 Å². The van der Waals surface area contributed by atoms with Gasteiger partial charge in [-0.25, -0.2) is 4.79 Å². The molecule has 7 nitrogen and oxygen atoms in total. The zero-order valence-electron chi connectivity index (χ0n) is 27.6. The third-order valence-corrected chi connectivity index (χ3v) is 11.6. The molecule has 0 amide bonds. The minimum Gasteiger partial charge on any atom is -0.487 e. The summed E-state index contributed by atoms with van der Waals surface area (Å²) in [4.78, 5) is 41.1. The summed E-state index contributed by atoms with van der Waals surface area (Å²) in [5.41, 5.74) is 1.23. The number of benzene rings is 1. The Hall–Kier alpha value is -3.45. The summed E-state index contributed by atoms with van der Waals surface area (Å²) in [7, 11) is 0. The van der Waals surface area contributed by atoms with Crippen LogP contribution in [0.1, 0.15) is 108 Å². The molecule has 3 aliphatic heterocycles. The molecule has 4 bridgehead atoms. The van der Waals surface area contributed by atoms with Crippen LogP contribution in [-0.2, 0) is 20.7 Å². The molecule has 0 aromatic heterocycles. The first-order valence-electron chi connectivity index (χ1n) is 16.3. The van der Waals surface area contributed by atoms with Crippen molar-refractivity contribution in [3.05, 3.63) is 69.4 Å². The average molecular weight is 613 g/mol. The first kappa shape index (κ1) is 30.2. The van der Waals surface area contributed by atoms with Crippen LogP contribution in [-0.4, -0.2) is 45.0 Å². The number of carbonyl (C=O) groups excluding carboxylic acids is 2. The summed E-state index contributed by atoms with van der Waals surface area (Å²) in [6.07, 6.45) is 10.9. The van der Waals surface area contributed by atoms with Crippen LogP contribution in [0.5, 0.6) is 11.5 Å². The number of ether oxygens (including phenoxy) is 3. The maximum atomic E-state index is 14.9.